The van der Waals surface area contributed by atoms with Gasteiger partial charge in [0, 0.05) is 32.1 Å². The molecule has 1 aliphatic heterocycles. The van der Waals surface area contributed by atoms with Gasteiger partial charge in [-0.2, -0.15) is 4.68 Å². The summed E-state index contributed by atoms with van der Waals surface area (Å²) in [7, 11) is 1.52. The Bertz CT molecular complexity index is 792. The smallest absolute Gasteiger partial charge is 0.392 e. The van der Waals surface area contributed by atoms with Crippen molar-refractivity contribution in [1.29, 1.82) is 0 Å². The quantitative estimate of drug-likeness (QED) is 0.632. The molecule has 1 fully saturated rings. The summed E-state index contributed by atoms with van der Waals surface area (Å²) in [6.45, 7) is 1.11. The van der Waals surface area contributed by atoms with Gasteiger partial charge >= 0.3 is 5.76 Å². The Morgan fingerprint density at radius 3 is 2.61 bits per heavy atom. The van der Waals surface area contributed by atoms with Gasteiger partial charge in [0.25, 0.3) is 5.69 Å². The highest BCUT2D eigenvalue weighted by atomic mass is 19.1. The van der Waals surface area contributed by atoms with E-state index in [1.54, 1.807) is 0 Å². The van der Waals surface area contributed by atoms with Crippen LogP contribution >= 0.6 is 0 Å². The number of nitro benzene ring substituents is 1. The highest BCUT2D eigenvalue weighted by Gasteiger charge is 2.26. The largest absolute Gasteiger partial charge is 0.436 e. The molecule has 0 atom stereocenters. The SMILES string of the molecule is Cn1nc(C2CCN(c3ccc([N+](=O)[O-])cc3F)CC2)oc1=O. The standard InChI is InChI=1S/C14H15FN4O4/c1-17-14(20)23-13(16-17)9-4-6-18(7-5-9)12-3-2-10(19(21)22)8-11(12)15/h2-3,8-9H,4-7H2,1H3. The van der Waals surface area contributed by atoms with Crippen LogP contribution in [0.15, 0.2) is 27.4 Å². The second-order valence-corrected chi connectivity index (χ2v) is 5.48. The average Bonchev–Trinajstić information content (AvgIpc) is 2.87. The Morgan fingerprint density at radius 1 is 1.39 bits per heavy atom. The molecule has 0 aliphatic carbocycles. The number of aryl methyl sites for hydroxylation is 1. The summed E-state index contributed by atoms with van der Waals surface area (Å²) in [6.07, 6.45) is 1.33. The first-order valence-corrected chi connectivity index (χ1v) is 7.18. The summed E-state index contributed by atoms with van der Waals surface area (Å²) in [5.41, 5.74) is 0.0768. The lowest BCUT2D eigenvalue weighted by molar-refractivity contribution is -0.385. The number of aromatic nitrogens is 2. The van der Waals surface area contributed by atoms with E-state index in [2.05, 4.69) is 5.10 Å². The second kappa shape index (κ2) is 5.82. The number of non-ortho nitro benzene ring substituents is 1. The van der Waals surface area contributed by atoms with Gasteiger partial charge in [-0.15, -0.1) is 5.10 Å². The monoisotopic (exact) mass is 322 g/mol. The van der Waals surface area contributed by atoms with Crippen molar-refractivity contribution < 1.29 is 13.7 Å². The number of piperidine rings is 1. The Hall–Kier alpha value is -2.71. The van der Waals surface area contributed by atoms with Crippen molar-refractivity contribution in [2.24, 2.45) is 7.05 Å². The van der Waals surface area contributed by atoms with Crippen LogP contribution in [0.2, 0.25) is 0 Å². The Kier molecular flexibility index (Phi) is 3.85. The zero-order valence-corrected chi connectivity index (χ0v) is 12.4. The molecule has 1 saturated heterocycles. The molecule has 1 aromatic carbocycles. The van der Waals surface area contributed by atoms with Crippen LogP contribution in [0.1, 0.15) is 24.7 Å². The molecular weight excluding hydrogens is 307 g/mol. The minimum atomic E-state index is -0.623. The number of hydrogen-bond donors (Lipinski definition) is 0. The molecule has 23 heavy (non-hydrogen) atoms. The van der Waals surface area contributed by atoms with E-state index >= 15 is 0 Å². The Morgan fingerprint density at radius 2 is 2.09 bits per heavy atom. The van der Waals surface area contributed by atoms with Gasteiger partial charge in [-0.25, -0.2) is 9.18 Å². The van der Waals surface area contributed by atoms with Gasteiger partial charge in [-0.1, -0.05) is 0 Å². The topological polar surface area (TPSA) is 94.4 Å². The van der Waals surface area contributed by atoms with Crippen LogP contribution in [0.3, 0.4) is 0 Å². The third-order valence-electron chi connectivity index (χ3n) is 4.03. The number of rotatable bonds is 3. The first kappa shape index (κ1) is 15.2. The van der Waals surface area contributed by atoms with E-state index in [0.717, 1.165) is 10.7 Å². The van der Waals surface area contributed by atoms with E-state index in [9.17, 15) is 19.3 Å². The summed E-state index contributed by atoms with van der Waals surface area (Å²) in [5.74, 6) is -0.687. The lowest BCUT2D eigenvalue weighted by Gasteiger charge is -2.32. The fourth-order valence-electron chi connectivity index (χ4n) is 2.76. The molecular formula is C14H15FN4O4. The van der Waals surface area contributed by atoms with E-state index in [1.165, 1.54) is 19.2 Å². The van der Waals surface area contributed by atoms with Crippen molar-refractivity contribution in [2.75, 3.05) is 18.0 Å². The fraction of sp³-hybridized carbons (Fsp3) is 0.429. The van der Waals surface area contributed by atoms with Gasteiger partial charge in [-0.05, 0) is 18.9 Å². The molecule has 3 rings (SSSR count). The summed E-state index contributed by atoms with van der Waals surface area (Å²) in [6, 6.07) is 3.65. The van der Waals surface area contributed by atoms with Crippen LogP contribution in [0.4, 0.5) is 15.8 Å². The number of anilines is 1. The van der Waals surface area contributed by atoms with Crippen molar-refractivity contribution in [1.82, 2.24) is 9.78 Å². The number of halogens is 1. The minimum Gasteiger partial charge on any atom is -0.392 e. The third-order valence-corrected chi connectivity index (χ3v) is 4.03. The highest BCUT2D eigenvalue weighted by molar-refractivity contribution is 5.52. The zero-order valence-electron chi connectivity index (χ0n) is 12.4. The lowest BCUT2D eigenvalue weighted by Crippen LogP contribution is -2.33. The van der Waals surface area contributed by atoms with Gasteiger partial charge in [0.05, 0.1) is 16.7 Å². The van der Waals surface area contributed by atoms with Crippen LogP contribution < -0.4 is 10.7 Å². The third kappa shape index (κ3) is 2.94. The average molecular weight is 322 g/mol. The molecule has 1 aliphatic rings. The Labute approximate surface area is 130 Å². The molecule has 0 amide bonds. The predicted octanol–water partition coefficient (Wildman–Crippen LogP) is 1.80. The first-order valence-electron chi connectivity index (χ1n) is 7.18. The summed E-state index contributed by atoms with van der Waals surface area (Å²) in [4.78, 5) is 23.2. The molecule has 2 aromatic rings. The number of nitro groups is 1. The summed E-state index contributed by atoms with van der Waals surface area (Å²) in [5, 5.41) is 14.7. The first-order chi connectivity index (χ1) is 11.0. The van der Waals surface area contributed by atoms with Gasteiger partial charge in [-0.3, -0.25) is 10.1 Å². The molecule has 122 valence electrons. The summed E-state index contributed by atoms with van der Waals surface area (Å²) < 4.78 is 20.3. The van der Waals surface area contributed by atoms with Crippen LogP contribution in [0.5, 0.6) is 0 Å². The lowest BCUT2D eigenvalue weighted by atomic mass is 9.96. The highest BCUT2D eigenvalue weighted by Crippen LogP contribution is 2.31. The maximum Gasteiger partial charge on any atom is 0.436 e. The van der Waals surface area contributed by atoms with Gasteiger partial charge < -0.3 is 9.32 Å². The van der Waals surface area contributed by atoms with E-state index in [1.807, 2.05) is 4.90 Å². The Balaban J connectivity index is 1.71. The maximum atomic E-state index is 14.0. The van der Waals surface area contributed by atoms with Crippen molar-refractivity contribution in [3.05, 3.63) is 50.6 Å². The number of nitrogens with zero attached hydrogens (tertiary/aromatic N) is 4. The summed E-state index contributed by atoms with van der Waals surface area (Å²) >= 11 is 0. The van der Waals surface area contributed by atoms with Gasteiger partial charge in [0.2, 0.25) is 5.89 Å². The molecule has 0 unspecified atom stereocenters. The maximum absolute atomic E-state index is 14.0. The van der Waals surface area contributed by atoms with Crippen molar-refractivity contribution in [2.45, 2.75) is 18.8 Å². The van der Waals surface area contributed by atoms with Gasteiger partial charge in [0.1, 0.15) is 0 Å². The molecule has 2 heterocycles. The van der Waals surface area contributed by atoms with Crippen LogP contribution in [-0.4, -0.2) is 27.8 Å². The van der Waals surface area contributed by atoms with E-state index < -0.39 is 16.5 Å². The minimum absolute atomic E-state index is 0.0151. The van der Waals surface area contributed by atoms with Crippen molar-refractivity contribution in [3.8, 4) is 0 Å². The van der Waals surface area contributed by atoms with Crippen LogP contribution in [-0.2, 0) is 7.05 Å². The molecule has 0 saturated carbocycles. The van der Waals surface area contributed by atoms with E-state index in [-0.39, 0.29) is 11.6 Å². The molecule has 0 spiro atoms. The van der Waals surface area contributed by atoms with Crippen LogP contribution in [0.25, 0.3) is 0 Å². The number of hydrogen-bond acceptors (Lipinski definition) is 6. The molecule has 1 aromatic heterocycles. The normalized spacial score (nSPS) is 15.8. The zero-order chi connectivity index (χ0) is 16.6. The molecule has 0 bridgehead atoms. The van der Waals surface area contributed by atoms with Crippen LogP contribution in [0, 0.1) is 15.9 Å². The fourth-order valence-corrected chi connectivity index (χ4v) is 2.76. The number of benzene rings is 1. The van der Waals surface area contributed by atoms with Crippen molar-refractivity contribution >= 4 is 11.4 Å². The van der Waals surface area contributed by atoms with E-state index in [0.29, 0.717) is 37.5 Å². The second-order valence-electron chi connectivity index (χ2n) is 5.48. The van der Waals surface area contributed by atoms with E-state index in [4.69, 9.17) is 4.42 Å². The molecule has 0 N–H and O–H groups in total. The van der Waals surface area contributed by atoms with Gasteiger partial charge in [0.15, 0.2) is 5.82 Å². The molecule has 9 heteroatoms. The predicted molar refractivity (Wildman–Crippen MR) is 79.0 cm³/mol. The molecule has 0 radical (unpaired) electrons. The molecule has 8 nitrogen and oxygen atoms in total. The van der Waals surface area contributed by atoms with Crippen molar-refractivity contribution in [3.63, 3.8) is 0 Å².